The molecule has 0 unspecified atom stereocenters. The first kappa shape index (κ1) is 22.6. The summed E-state index contributed by atoms with van der Waals surface area (Å²) in [5.74, 6) is -0.833. The highest BCUT2D eigenvalue weighted by atomic mass is 32.2. The van der Waals surface area contributed by atoms with E-state index in [1.54, 1.807) is 19.9 Å². The average molecular weight is 431 g/mol. The lowest BCUT2D eigenvalue weighted by molar-refractivity contribution is -0.154. The molecule has 158 valence electrons. The minimum Gasteiger partial charge on any atom is -0.468 e. The predicted octanol–water partition coefficient (Wildman–Crippen LogP) is 3.14. The van der Waals surface area contributed by atoms with Gasteiger partial charge in [0.25, 0.3) is 5.91 Å². The molecule has 0 spiro atoms. The van der Waals surface area contributed by atoms with Gasteiger partial charge in [-0.05, 0) is 43.2 Å². The van der Waals surface area contributed by atoms with Crippen LogP contribution < -0.4 is 10.1 Å². The van der Waals surface area contributed by atoms with Crippen LogP contribution in [0.2, 0.25) is 0 Å². The third-order valence-corrected chi connectivity index (χ3v) is 5.96. The number of rotatable bonds is 6. The summed E-state index contributed by atoms with van der Waals surface area (Å²) in [7, 11) is -0.963. The van der Waals surface area contributed by atoms with Gasteiger partial charge in [-0.3, -0.25) is 4.79 Å². The number of pyridine rings is 1. The second-order valence-corrected chi connectivity index (χ2v) is 8.57. The Bertz CT molecular complexity index is 1000. The molecule has 0 aliphatic rings. The van der Waals surface area contributed by atoms with Gasteiger partial charge in [-0.1, -0.05) is 0 Å². The Labute approximate surface area is 166 Å². The third-order valence-electron chi connectivity index (χ3n) is 4.02. The van der Waals surface area contributed by atoms with Crippen molar-refractivity contribution in [3.05, 3.63) is 47.2 Å². The summed E-state index contributed by atoms with van der Waals surface area (Å²) in [6.07, 6.45) is -3.34. The van der Waals surface area contributed by atoms with Crippen molar-refractivity contribution in [1.82, 2.24) is 9.29 Å². The summed E-state index contributed by atoms with van der Waals surface area (Å²) >= 11 is 0. The van der Waals surface area contributed by atoms with Crippen LogP contribution >= 0.6 is 0 Å². The van der Waals surface area contributed by atoms with Crippen molar-refractivity contribution in [2.75, 3.05) is 26.0 Å². The first-order valence-electron chi connectivity index (χ1n) is 8.32. The number of hydrogen-bond donors (Lipinski definition) is 1. The number of alkyl halides is 3. The van der Waals surface area contributed by atoms with Crippen molar-refractivity contribution < 1.29 is 31.1 Å². The first-order chi connectivity index (χ1) is 13.3. The minimum atomic E-state index is -4.48. The summed E-state index contributed by atoms with van der Waals surface area (Å²) in [6.45, 7) is 1.86. The summed E-state index contributed by atoms with van der Waals surface area (Å²) in [6, 6.07) is 5.34. The molecule has 1 amide bonds. The fourth-order valence-electron chi connectivity index (χ4n) is 2.32. The van der Waals surface area contributed by atoms with Crippen molar-refractivity contribution in [3.63, 3.8) is 0 Å². The lowest BCUT2D eigenvalue weighted by Gasteiger charge is -2.16. The third kappa shape index (κ3) is 5.67. The van der Waals surface area contributed by atoms with Gasteiger partial charge in [0, 0.05) is 25.7 Å². The van der Waals surface area contributed by atoms with E-state index in [1.807, 2.05) is 0 Å². The quantitative estimate of drug-likeness (QED) is 0.759. The molecule has 0 atom stereocenters. The van der Waals surface area contributed by atoms with Crippen LogP contribution in [0.4, 0.5) is 18.9 Å². The first-order valence-corrected chi connectivity index (χ1v) is 9.76. The van der Waals surface area contributed by atoms with Crippen molar-refractivity contribution in [3.8, 4) is 5.88 Å². The SMILES string of the molecule is Cc1cc(C(=O)Nc2ccc(OCC(F)(F)F)nc2)cc(S(=O)(=O)N(C)C)c1C. The Hall–Kier alpha value is -2.66. The van der Waals surface area contributed by atoms with E-state index in [9.17, 15) is 26.4 Å². The molecule has 1 aromatic heterocycles. The number of aryl methyl sites for hydroxylation is 1. The molecule has 1 heterocycles. The molecule has 0 saturated carbocycles. The molecule has 1 aromatic carbocycles. The molecule has 0 saturated heterocycles. The molecule has 29 heavy (non-hydrogen) atoms. The van der Waals surface area contributed by atoms with Crippen LogP contribution in [-0.2, 0) is 10.0 Å². The Morgan fingerprint density at radius 2 is 1.86 bits per heavy atom. The van der Waals surface area contributed by atoms with E-state index in [4.69, 9.17) is 0 Å². The molecule has 0 aliphatic heterocycles. The zero-order valence-corrected chi connectivity index (χ0v) is 17.0. The number of sulfonamides is 1. The highest BCUT2D eigenvalue weighted by Gasteiger charge is 2.28. The number of aromatic nitrogens is 1. The summed E-state index contributed by atoms with van der Waals surface area (Å²) in [5, 5.41) is 2.52. The standard InChI is InChI=1S/C18H20F3N3O4S/c1-11-7-13(8-15(12(11)2)29(26,27)24(3)4)17(25)23-14-5-6-16(22-9-14)28-10-18(19,20)21/h5-9H,10H2,1-4H3,(H,23,25). The smallest absolute Gasteiger partial charge is 0.422 e. The van der Waals surface area contributed by atoms with Crippen LogP contribution in [-0.4, -0.2) is 50.5 Å². The van der Waals surface area contributed by atoms with Crippen LogP contribution in [0.25, 0.3) is 0 Å². The van der Waals surface area contributed by atoms with E-state index < -0.39 is 28.7 Å². The van der Waals surface area contributed by atoms with Gasteiger partial charge < -0.3 is 10.1 Å². The number of carbonyl (C=O) groups excluding carboxylic acids is 1. The Morgan fingerprint density at radius 1 is 1.21 bits per heavy atom. The monoisotopic (exact) mass is 431 g/mol. The molecule has 7 nitrogen and oxygen atoms in total. The molecule has 2 rings (SSSR count). The van der Waals surface area contributed by atoms with Crippen molar-refractivity contribution in [1.29, 1.82) is 0 Å². The Kier molecular flexibility index (Phi) is 6.53. The molecule has 0 aliphatic carbocycles. The van der Waals surface area contributed by atoms with E-state index >= 15 is 0 Å². The topological polar surface area (TPSA) is 88.6 Å². The van der Waals surface area contributed by atoms with E-state index in [2.05, 4.69) is 15.0 Å². The molecule has 1 N–H and O–H groups in total. The maximum Gasteiger partial charge on any atom is 0.422 e. The fraction of sp³-hybridized carbons (Fsp3) is 0.333. The molecule has 11 heteroatoms. The Balaban J connectivity index is 2.22. The van der Waals surface area contributed by atoms with Gasteiger partial charge in [0.1, 0.15) is 0 Å². The predicted molar refractivity (Wildman–Crippen MR) is 101 cm³/mol. The summed E-state index contributed by atoms with van der Waals surface area (Å²) in [4.78, 5) is 16.3. The van der Waals surface area contributed by atoms with Crippen molar-refractivity contribution in [2.24, 2.45) is 0 Å². The largest absolute Gasteiger partial charge is 0.468 e. The van der Waals surface area contributed by atoms with E-state index in [0.29, 0.717) is 11.1 Å². The molecule has 0 radical (unpaired) electrons. The minimum absolute atomic E-state index is 0.0154. The maximum absolute atomic E-state index is 12.5. The lowest BCUT2D eigenvalue weighted by atomic mass is 10.1. The maximum atomic E-state index is 12.5. The van der Waals surface area contributed by atoms with Gasteiger partial charge in [0.05, 0.1) is 16.8 Å². The van der Waals surface area contributed by atoms with Crippen LogP contribution in [0.15, 0.2) is 35.4 Å². The summed E-state index contributed by atoms with van der Waals surface area (Å²) < 4.78 is 67.0. The van der Waals surface area contributed by atoms with Crippen LogP contribution in [0.3, 0.4) is 0 Å². The lowest BCUT2D eigenvalue weighted by Crippen LogP contribution is -2.24. The number of halogens is 3. The number of hydrogen-bond acceptors (Lipinski definition) is 5. The number of anilines is 1. The number of ether oxygens (including phenoxy) is 1. The van der Waals surface area contributed by atoms with E-state index in [0.717, 1.165) is 10.5 Å². The summed E-state index contributed by atoms with van der Waals surface area (Å²) in [5.41, 5.74) is 1.48. The van der Waals surface area contributed by atoms with Crippen LogP contribution in [0.5, 0.6) is 5.88 Å². The normalized spacial score (nSPS) is 12.1. The second kappa shape index (κ2) is 8.37. The zero-order chi connectivity index (χ0) is 22.0. The van der Waals surface area contributed by atoms with Gasteiger partial charge >= 0.3 is 6.18 Å². The van der Waals surface area contributed by atoms with Gasteiger partial charge in [-0.15, -0.1) is 0 Å². The number of nitrogens with one attached hydrogen (secondary N) is 1. The van der Waals surface area contributed by atoms with Crippen LogP contribution in [0.1, 0.15) is 21.5 Å². The number of amides is 1. The van der Waals surface area contributed by atoms with Gasteiger partial charge in [0.15, 0.2) is 6.61 Å². The average Bonchev–Trinajstić information content (AvgIpc) is 2.62. The molecular weight excluding hydrogens is 411 g/mol. The number of nitrogens with zero attached hydrogens (tertiary/aromatic N) is 2. The van der Waals surface area contributed by atoms with Gasteiger partial charge in [-0.25, -0.2) is 17.7 Å². The van der Waals surface area contributed by atoms with Crippen molar-refractivity contribution in [2.45, 2.75) is 24.9 Å². The highest BCUT2D eigenvalue weighted by molar-refractivity contribution is 7.89. The molecular formula is C18H20F3N3O4S. The molecule has 0 fully saturated rings. The number of carbonyl (C=O) groups is 1. The van der Waals surface area contributed by atoms with E-state index in [-0.39, 0.29) is 22.0 Å². The highest BCUT2D eigenvalue weighted by Crippen LogP contribution is 2.24. The van der Waals surface area contributed by atoms with E-state index in [1.165, 1.54) is 32.3 Å². The van der Waals surface area contributed by atoms with Crippen molar-refractivity contribution >= 4 is 21.6 Å². The van der Waals surface area contributed by atoms with Crippen LogP contribution in [0, 0.1) is 13.8 Å². The zero-order valence-electron chi connectivity index (χ0n) is 16.2. The second-order valence-electron chi connectivity index (χ2n) is 6.45. The molecule has 0 bridgehead atoms. The Morgan fingerprint density at radius 3 is 2.38 bits per heavy atom. The fourth-order valence-corrected chi connectivity index (χ4v) is 3.54. The molecule has 2 aromatic rings. The van der Waals surface area contributed by atoms with Gasteiger partial charge in [0.2, 0.25) is 15.9 Å². The number of benzene rings is 1. The van der Waals surface area contributed by atoms with Gasteiger partial charge in [-0.2, -0.15) is 13.2 Å².